The third-order valence-electron chi connectivity index (χ3n) is 7.18. The molecule has 1 atom stereocenters. The number of rotatable bonds is 8. The Bertz CT molecular complexity index is 961. The van der Waals surface area contributed by atoms with Crippen LogP contribution in [0.4, 0.5) is 4.39 Å². The van der Waals surface area contributed by atoms with E-state index in [0.717, 1.165) is 17.4 Å². The largest absolute Gasteiger partial charge is 0.207 e. The zero-order valence-corrected chi connectivity index (χ0v) is 19.2. The highest BCUT2D eigenvalue weighted by atomic mass is 19.1. The Morgan fingerprint density at radius 2 is 1.31 bits per heavy atom. The SMILES string of the molecule is C[C@@H](CC1CCC(CCc2ccc(C=Cc3ccc(F)cc3)cc2)CC1)c1ccccc1. The molecule has 3 aromatic rings. The maximum atomic E-state index is 13.0. The van der Waals surface area contributed by atoms with E-state index in [1.165, 1.54) is 73.8 Å². The van der Waals surface area contributed by atoms with Gasteiger partial charge in [0.15, 0.2) is 0 Å². The van der Waals surface area contributed by atoms with Crippen molar-refractivity contribution in [2.24, 2.45) is 11.8 Å². The number of halogens is 1. The van der Waals surface area contributed by atoms with Crippen LogP contribution in [0, 0.1) is 17.7 Å². The molecule has 0 radical (unpaired) electrons. The fraction of sp³-hybridized carbons (Fsp3) is 0.355. The van der Waals surface area contributed by atoms with Gasteiger partial charge in [-0.2, -0.15) is 0 Å². The van der Waals surface area contributed by atoms with Crippen molar-refractivity contribution in [3.05, 3.63) is 107 Å². The van der Waals surface area contributed by atoms with Crippen molar-refractivity contribution in [3.8, 4) is 0 Å². The van der Waals surface area contributed by atoms with Gasteiger partial charge in [-0.15, -0.1) is 0 Å². The lowest BCUT2D eigenvalue weighted by Gasteiger charge is -2.30. The predicted octanol–water partition coefficient (Wildman–Crippen LogP) is 8.93. The highest BCUT2D eigenvalue weighted by Crippen LogP contribution is 2.37. The van der Waals surface area contributed by atoms with E-state index >= 15 is 0 Å². The predicted molar refractivity (Wildman–Crippen MR) is 135 cm³/mol. The first-order chi connectivity index (χ1) is 15.7. The molecule has 0 bridgehead atoms. The first-order valence-corrected chi connectivity index (χ1v) is 12.2. The molecule has 0 nitrogen and oxygen atoms in total. The molecular weight excluding hydrogens is 391 g/mol. The molecule has 1 aliphatic rings. The van der Waals surface area contributed by atoms with Crippen molar-refractivity contribution < 1.29 is 4.39 Å². The molecule has 0 aliphatic heterocycles. The van der Waals surface area contributed by atoms with Gasteiger partial charge >= 0.3 is 0 Å². The Labute approximate surface area is 193 Å². The Balaban J connectivity index is 1.19. The van der Waals surface area contributed by atoms with Crippen LogP contribution in [0.5, 0.6) is 0 Å². The second kappa shape index (κ2) is 11.3. The zero-order valence-electron chi connectivity index (χ0n) is 19.2. The van der Waals surface area contributed by atoms with Crippen molar-refractivity contribution in [2.75, 3.05) is 0 Å². The van der Waals surface area contributed by atoms with Crippen molar-refractivity contribution in [1.29, 1.82) is 0 Å². The van der Waals surface area contributed by atoms with Crippen LogP contribution < -0.4 is 0 Å². The summed E-state index contributed by atoms with van der Waals surface area (Å²) in [5.74, 6) is 2.26. The zero-order chi connectivity index (χ0) is 22.2. The Morgan fingerprint density at radius 1 is 0.750 bits per heavy atom. The molecule has 1 saturated carbocycles. The first-order valence-electron chi connectivity index (χ1n) is 12.2. The average molecular weight is 427 g/mol. The van der Waals surface area contributed by atoms with Crippen LogP contribution in [-0.4, -0.2) is 0 Å². The van der Waals surface area contributed by atoms with Gasteiger partial charge in [0.1, 0.15) is 5.82 Å². The monoisotopic (exact) mass is 426 g/mol. The van der Waals surface area contributed by atoms with E-state index in [1.807, 2.05) is 6.08 Å². The lowest BCUT2D eigenvalue weighted by molar-refractivity contribution is 0.245. The second-order valence-corrected chi connectivity index (χ2v) is 9.60. The van der Waals surface area contributed by atoms with Gasteiger partial charge in [-0.05, 0) is 71.4 Å². The lowest BCUT2D eigenvalue weighted by atomic mass is 9.76. The summed E-state index contributed by atoms with van der Waals surface area (Å²) in [4.78, 5) is 0. The Hall–Kier alpha value is -2.67. The minimum absolute atomic E-state index is 0.193. The fourth-order valence-electron chi connectivity index (χ4n) is 5.11. The molecule has 0 heterocycles. The number of hydrogen-bond donors (Lipinski definition) is 0. The van der Waals surface area contributed by atoms with E-state index in [2.05, 4.69) is 67.6 Å². The van der Waals surface area contributed by atoms with Gasteiger partial charge < -0.3 is 0 Å². The summed E-state index contributed by atoms with van der Waals surface area (Å²) in [6.07, 6.45) is 13.5. The summed E-state index contributed by atoms with van der Waals surface area (Å²) in [5.41, 5.74) is 5.13. The van der Waals surface area contributed by atoms with E-state index in [9.17, 15) is 4.39 Å². The van der Waals surface area contributed by atoms with Crippen molar-refractivity contribution in [3.63, 3.8) is 0 Å². The highest BCUT2D eigenvalue weighted by Gasteiger charge is 2.22. The van der Waals surface area contributed by atoms with Crippen LogP contribution in [0.25, 0.3) is 12.2 Å². The second-order valence-electron chi connectivity index (χ2n) is 9.60. The van der Waals surface area contributed by atoms with Crippen LogP contribution in [0.15, 0.2) is 78.9 Å². The van der Waals surface area contributed by atoms with Gasteiger partial charge in [-0.1, -0.05) is 111 Å². The third kappa shape index (κ3) is 6.66. The molecule has 0 amide bonds. The minimum Gasteiger partial charge on any atom is -0.207 e. The maximum absolute atomic E-state index is 13.0. The number of benzene rings is 3. The van der Waals surface area contributed by atoms with E-state index in [0.29, 0.717) is 5.92 Å². The maximum Gasteiger partial charge on any atom is 0.123 e. The van der Waals surface area contributed by atoms with Crippen molar-refractivity contribution in [1.82, 2.24) is 0 Å². The molecule has 3 aromatic carbocycles. The summed E-state index contributed by atoms with van der Waals surface area (Å²) >= 11 is 0. The van der Waals surface area contributed by atoms with Crippen LogP contribution in [0.1, 0.15) is 73.6 Å². The summed E-state index contributed by atoms with van der Waals surface area (Å²) in [6, 6.07) is 26.5. The minimum atomic E-state index is -0.193. The molecule has 166 valence electrons. The van der Waals surface area contributed by atoms with Gasteiger partial charge in [-0.25, -0.2) is 4.39 Å². The molecule has 0 saturated heterocycles. The fourth-order valence-corrected chi connectivity index (χ4v) is 5.11. The van der Waals surface area contributed by atoms with Gasteiger partial charge in [0, 0.05) is 0 Å². The molecular formula is C31H35F. The van der Waals surface area contributed by atoms with Gasteiger partial charge in [-0.3, -0.25) is 0 Å². The van der Waals surface area contributed by atoms with E-state index in [-0.39, 0.29) is 5.82 Å². The summed E-state index contributed by atoms with van der Waals surface area (Å²) in [6.45, 7) is 2.39. The smallest absolute Gasteiger partial charge is 0.123 e. The Morgan fingerprint density at radius 3 is 1.94 bits per heavy atom. The first kappa shape index (κ1) is 22.5. The average Bonchev–Trinajstić information content (AvgIpc) is 2.84. The lowest BCUT2D eigenvalue weighted by Crippen LogP contribution is -2.16. The molecule has 1 fully saturated rings. The molecule has 32 heavy (non-hydrogen) atoms. The summed E-state index contributed by atoms with van der Waals surface area (Å²) < 4.78 is 13.0. The van der Waals surface area contributed by atoms with E-state index < -0.39 is 0 Å². The van der Waals surface area contributed by atoms with Gasteiger partial charge in [0.05, 0.1) is 0 Å². The molecule has 0 unspecified atom stereocenters. The molecule has 1 aliphatic carbocycles. The van der Waals surface area contributed by atoms with Gasteiger partial charge in [0.2, 0.25) is 0 Å². The number of hydrogen-bond acceptors (Lipinski definition) is 0. The normalized spacial score (nSPS) is 19.8. The molecule has 4 rings (SSSR count). The van der Waals surface area contributed by atoms with E-state index in [1.54, 1.807) is 12.1 Å². The van der Waals surface area contributed by atoms with Crippen LogP contribution >= 0.6 is 0 Å². The van der Waals surface area contributed by atoms with Crippen LogP contribution in [0.2, 0.25) is 0 Å². The quantitative estimate of drug-likeness (QED) is 0.315. The molecule has 1 heteroatoms. The Kier molecular flexibility index (Phi) is 7.93. The molecule has 0 spiro atoms. The molecule has 0 N–H and O–H groups in total. The standard InChI is InChI=1S/C31H35F/c1-24(30-5-3-2-4-6-30)23-29-17-15-27(16-18-29)12-11-25-7-9-26(10-8-25)13-14-28-19-21-31(32)22-20-28/h2-10,13-14,19-22,24,27,29H,11-12,15-18,23H2,1H3/t24-,27?,29?/m0/s1. The third-order valence-corrected chi connectivity index (χ3v) is 7.18. The van der Waals surface area contributed by atoms with Gasteiger partial charge in [0.25, 0.3) is 0 Å². The van der Waals surface area contributed by atoms with E-state index in [4.69, 9.17) is 0 Å². The van der Waals surface area contributed by atoms with Crippen molar-refractivity contribution >= 4 is 12.2 Å². The number of aryl methyl sites for hydroxylation is 1. The van der Waals surface area contributed by atoms with Crippen molar-refractivity contribution in [2.45, 2.75) is 57.8 Å². The summed E-state index contributed by atoms with van der Waals surface area (Å²) in [7, 11) is 0. The highest BCUT2D eigenvalue weighted by molar-refractivity contribution is 5.69. The summed E-state index contributed by atoms with van der Waals surface area (Å²) in [5, 5.41) is 0. The topological polar surface area (TPSA) is 0 Å². The van der Waals surface area contributed by atoms with Crippen LogP contribution in [0.3, 0.4) is 0 Å². The molecule has 0 aromatic heterocycles. The van der Waals surface area contributed by atoms with Crippen LogP contribution in [-0.2, 0) is 6.42 Å².